The molecule has 0 radical (unpaired) electrons. The molecule has 1 rings (SSSR count). The van der Waals surface area contributed by atoms with Gasteiger partial charge >= 0.3 is 0 Å². The van der Waals surface area contributed by atoms with Crippen molar-refractivity contribution in [2.75, 3.05) is 0 Å². The molecule has 0 saturated carbocycles. The van der Waals surface area contributed by atoms with Crippen LogP contribution in [0.5, 0.6) is 11.5 Å². The van der Waals surface area contributed by atoms with Gasteiger partial charge < -0.3 is 15.4 Å². The van der Waals surface area contributed by atoms with E-state index in [1.807, 2.05) is 0 Å². The van der Waals surface area contributed by atoms with Gasteiger partial charge in [-0.15, -0.1) is 0 Å². The Balaban J connectivity index is 3.04. The molecule has 0 amide bonds. The van der Waals surface area contributed by atoms with E-state index in [0.29, 0.717) is 5.56 Å². The van der Waals surface area contributed by atoms with Gasteiger partial charge in [0.15, 0.2) is 17.3 Å². The molecule has 12 heavy (non-hydrogen) atoms. The molecular weight excluding hydrogens is 165 g/mol. The zero-order chi connectivity index (χ0) is 9.14. The molecule has 5 heteroatoms. The predicted molar refractivity (Wildman–Crippen MR) is 38.4 cm³/mol. The lowest BCUT2D eigenvalue weighted by atomic mass is 10.2. The molecule has 4 N–H and O–H groups in total. The quantitative estimate of drug-likeness (QED) is 0.392. The zero-order valence-electron chi connectivity index (χ0n) is 6.08. The summed E-state index contributed by atoms with van der Waals surface area (Å²) in [5.41, 5.74) is 2.14. The lowest BCUT2D eigenvalue weighted by Crippen LogP contribution is -2.06. The monoisotopic (exact) mass is 173 g/mol. The van der Waals surface area contributed by atoms with E-state index in [9.17, 15) is 4.39 Å². The molecule has 0 atom stereocenters. The van der Waals surface area contributed by atoms with E-state index < -0.39 is 17.3 Å². The summed E-state index contributed by atoms with van der Waals surface area (Å²) in [6.07, 6.45) is 0. The Hall–Kier alpha value is -1.33. The van der Waals surface area contributed by atoms with Crippen LogP contribution >= 0.6 is 0 Å². The fraction of sp³-hybridized carbons (Fsp3) is 0.143. The Bertz CT molecular complexity index is 267. The van der Waals surface area contributed by atoms with Crippen LogP contribution in [0.15, 0.2) is 12.1 Å². The number of hydroxylamine groups is 1. The molecule has 0 saturated heterocycles. The minimum absolute atomic E-state index is 0.00472. The molecule has 1 aromatic rings. The first-order chi connectivity index (χ1) is 5.65. The smallest absolute Gasteiger partial charge is 0.194 e. The van der Waals surface area contributed by atoms with Crippen molar-refractivity contribution < 1.29 is 19.8 Å². The van der Waals surface area contributed by atoms with Crippen LogP contribution in [0.25, 0.3) is 0 Å². The Kier molecular flexibility index (Phi) is 2.47. The van der Waals surface area contributed by atoms with Crippen LogP contribution < -0.4 is 5.48 Å². The van der Waals surface area contributed by atoms with Crippen LogP contribution in [0.3, 0.4) is 0 Å². The minimum Gasteiger partial charge on any atom is -0.504 e. The topological polar surface area (TPSA) is 72.7 Å². The van der Waals surface area contributed by atoms with Crippen LogP contribution in [-0.4, -0.2) is 15.4 Å². The molecule has 1 aromatic carbocycles. The third-order valence-electron chi connectivity index (χ3n) is 1.39. The van der Waals surface area contributed by atoms with Gasteiger partial charge in [0, 0.05) is 6.54 Å². The maximum absolute atomic E-state index is 12.6. The van der Waals surface area contributed by atoms with Gasteiger partial charge in [-0.05, 0) is 17.7 Å². The van der Waals surface area contributed by atoms with E-state index >= 15 is 0 Å². The summed E-state index contributed by atoms with van der Waals surface area (Å²) in [7, 11) is 0. The highest BCUT2D eigenvalue weighted by Gasteiger charge is 2.07. The first kappa shape index (κ1) is 8.76. The molecular formula is C7H8FNO3. The molecule has 0 fully saturated rings. The average Bonchev–Trinajstić information content (AvgIpc) is 2.01. The molecule has 0 spiro atoms. The molecule has 0 heterocycles. The number of hydrogen-bond acceptors (Lipinski definition) is 4. The van der Waals surface area contributed by atoms with Crippen LogP contribution in [0.1, 0.15) is 5.56 Å². The van der Waals surface area contributed by atoms with Crippen molar-refractivity contribution in [3.8, 4) is 11.5 Å². The Morgan fingerprint density at radius 2 is 2.00 bits per heavy atom. The maximum atomic E-state index is 12.6. The van der Waals surface area contributed by atoms with Crippen LogP contribution in [0.2, 0.25) is 0 Å². The van der Waals surface area contributed by atoms with Crippen molar-refractivity contribution in [3.05, 3.63) is 23.5 Å². The molecule has 0 bridgehead atoms. The Morgan fingerprint density at radius 3 is 2.50 bits per heavy atom. The summed E-state index contributed by atoms with van der Waals surface area (Å²) in [6, 6.07) is 2.17. The fourth-order valence-electron chi connectivity index (χ4n) is 0.832. The van der Waals surface area contributed by atoms with Crippen molar-refractivity contribution in [2.45, 2.75) is 6.54 Å². The standard InChI is InChI=1S/C7H8FNO3/c8-5-1-4(3-9-12)2-6(10)7(5)11/h1-2,9-12H,3H2. The molecule has 0 unspecified atom stereocenters. The highest BCUT2D eigenvalue weighted by Crippen LogP contribution is 2.28. The van der Waals surface area contributed by atoms with Crippen LogP contribution in [-0.2, 0) is 6.54 Å². The number of aromatic hydroxyl groups is 2. The molecule has 4 nitrogen and oxygen atoms in total. The normalized spacial score (nSPS) is 10.2. The van der Waals surface area contributed by atoms with Crippen molar-refractivity contribution >= 4 is 0 Å². The van der Waals surface area contributed by atoms with E-state index in [1.165, 1.54) is 0 Å². The van der Waals surface area contributed by atoms with E-state index in [4.69, 9.17) is 15.4 Å². The molecule has 0 aromatic heterocycles. The Labute approximate surface area is 67.8 Å². The van der Waals surface area contributed by atoms with Gasteiger partial charge in [-0.1, -0.05) is 0 Å². The van der Waals surface area contributed by atoms with E-state index in [2.05, 4.69) is 0 Å². The minimum atomic E-state index is -0.916. The number of phenols is 2. The van der Waals surface area contributed by atoms with Crippen molar-refractivity contribution in [2.24, 2.45) is 0 Å². The highest BCUT2D eigenvalue weighted by molar-refractivity contribution is 5.41. The van der Waals surface area contributed by atoms with Gasteiger partial charge in [-0.25, -0.2) is 9.87 Å². The first-order valence-corrected chi connectivity index (χ1v) is 3.22. The molecule has 0 aliphatic rings. The zero-order valence-corrected chi connectivity index (χ0v) is 6.08. The maximum Gasteiger partial charge on any atom is 0.194 e. The first-order valence-electron chi connectivity index (χ1n) is 3.22. The van der Waals surface area contributed by atoms with Crippen molar-refractivity contribution in [1.29, 1.82) is 0 Å². The number of benzene rings is 1. The molecule has 66 valence electrons. The lowest BCUT2D eigenvalue weighted by molar-refractivity contribution is 0.161. The van der Waals surface area contributed by atoms with Crippen LogP contribution in [0.4, 0.5) is 4.39 Å². The van der Waals surface area contributed by atoms with E-state index in [-0.39, 0.29) is 6.54 Å². The van der Waals surface area contributed by atoms with Gasteiger partial charge in [0.25, 0.3) is 0 Å². The summed E-state index contributed by atoms with van der Waals surface area (Å²) >= 11 is 0. The summed E-state index contributed by atoms with van der Waals surface area (Å²) in [6.45, 7) is 0.00472. The number of halogens is 1. The predicted octanol–water partition coefficient (Wildman–Crippen LogP) is 0.716. The fourth-order valence-corrected chi connectivity index (χ4v) is 0.832. The third kappa shape index (κ3) is 1.63. The van der Waals surface area contributed by atoms with Crippen LogP contribution in [0, 0.1) is 5.82 Å². The second-order valence-electron chi connectivity index (χ2n) is 2.28. The molecule has 0 aliphatic heterocycles. The van der Waals surface area contributed by atoms with Crippen molar-refractivity contribution in [3.63, 3.8) is 0 Å². The summed E-state index contributed by atoms with van der Waals surface area (Å²) in [5, 5.41) is 26.0. The number of rotatable bonds is 2. The lowest BCUT2D eigenvalue weighted by Gasteiger charge is -2.02. The summed E-state index contributed by atoms with van der Waals surface area (Å²) in [4.78, 5) is 0. The van der Waals surface area contributed by atoms with E-state index in [0.717, 1.165) is 12.1 Å². The van der Waals surface area contributed by atoms with E-state index in [1.54, 1.807) is 5.48 Å². The largest absolute Gasteiger partial charge is 0.504 e. The Morgan fingerprint density at radius 1 is 1.33 bits per heavy atom. The van der Waals surface area contributed by atoms with Gasteiger partial charge in [0.2, 0.25) is 0 Å². The highest BCUT2D eigenvalue weighted by atomic mass is 19.1. The summed E-state index contributed by atoms with van der Waals surface area (Å²) in [5.74, 6) is -2.24. The van der Waals surface area contributed by atoms with Gasteiger partial charge in [-0.2, -0.15) is 0 Å². The molecule has 0 aliphatic carbocycles. The number of nitrogens with one attached hydrogen (secondary N) is 1. The second-order valence-corrected chi connectivity index (χ2v) is 2.28. The average molecular weight is 173 g/mol. The second kappa shape index (κ2) is 3.38. The number of phenolic OH excluding ortho intramolecular Hbond substituents is 2. The SMILES string of the molecule is ONCc1cc(O)c(O)c(F)c1. The van der Waals surface area contributed by atoms with Crippen molar-refractivity contribution in [1.82, 2.24) is 5.48 Å². The van der Waals surface area contributed by atoms with Gasteiger partial charge in [0.1, 0.15) is 0 Å². The number of hydrogen-bond donors (Lipinski definition) is 4. The van der Waals surface area contributed by atoms with Gasteiger partial charge in [-0.3, -0.25) is 0 Å². The third-order valence-corrected chi connectivity index (χ3v) is 1.39. The summed E-state index contributed by atoms with van der Waals surface area (Å²) < 4.78 is 12.6. The van der Waals surface area contributed by atoms with Gasteiger partial charge in [0.05, 0.1) is 0 Å².